The molecule has 0 aromatic carbocycles. The van der Waals surface area contributed by atoms with Gasteiger partial charge in [-0.1, -0.05) is 0 Å². The number of amides is 1. The SMILES string of the molecule is Cc1[nH]ncc1CNC(=O)c1ccc(-n2cncn2)nc1. The van der Waals surface area contributed by atoms with Crippen LogP contribution in [0.2, 0.25) is 0 Å². The molecule has 8 heteroatoms. The normalized spacial score (nSPS) is 10.5. The minimum Gasteiger partial charge on any atom is -0.348 e. The number of carbonyl (C=O) groups excluding carboxylic acids is 1. The number of hydrogen-bond acceptors (Lipinski definition) is 5. The average Bonchev–Trinajstić information content (AvgIpc) is 3.17. The van der Waals surface area contributed by atoms with Gasteiger partial charge in [-0.15, -0.1) is 0 Å². The fraction of sp³-hybridized carbons (Fsp3) is 0.154. The molecule has 21 heavy (non-hydrogen) atoms. The van der Waals surface area contributed by atoms with Crippen LogP contribution in [0.15, 0.2) is 37.2 Å². The van der Waals surface area contributed by atoms with Crippen LogP contribution in [-0.4, -0.2) is 35.9 Å². The number of hydrogen-bond donors (Lipinski definition) is 2. The summed E-state index contributed by atoms with van der Waals surface area (Å²) in [5, 5.41) is 13.5. The summed E-state index contributed by atoms with van der Waals surface area (Å²) < 4.78 is 1.52. The summed E-state index contributed by atoms with van der Waals surface area (Å²) >= 11 is 0. The number of pyridine rings is 1. The molecule has 0 radical (unpaired) electrons. The molecule has 8 nitrogen and oxygen atoms in total. The zero-order valence-electron chi connectivity index (χ0n) is 11.3. The predicted molar refractivity (Wildman–Crippen MR) is 73.6 cm³/mol. The molecule has 0 aliphatic carbocycles. The number of nitrogens with one attached hydrogen (secondary N) is 2. The summed E-state index contributed by atoms with van der Waals surface area (Å²) in [4.78, 5) is 20.1. The van der Waals surface area contributed by atoms with Crippen LogP contribution < -0.4 is 5.32 Å². The summed E-state index contributed by atoms with van der Waals surface area (Å²) in [6.07, 6.45) is 6.18. The number of nitrogens with zero attached hydrogens (tertiary/aromatic N) is 5. The molecule has 3 rings (SSSR count). The Morgan fingerprint density at radius 2 is 2.29 bits per heavy atom. The van der Waals surface area contributed by atoms with Crippen LogP contribution in [0.4, 0.5) is 0 Å². The Hall–Kier alpha value is -3.03. The van der Waals surface area contributed by atoms with E-state index in [1.54, 1.807) is 24.7 Å². The average molecular weight is 283 g/mol. The topological polar surface area (TPSA) is 101 Å². The highest BCUT2D eigenvalue weighted by Crippen LogP contribution is 2.05. The van der Waals surface area contributed by atoms with E-state index >= 15 is 0 Å². The molecule has 0 aliphatic heterocycles. The van der Waals surface area contributed by atoms with Gasteiger partial charge in [-0.2, -0.15) is 10.2 Å². The molecule has 3 aromatic heterocycles. The van der Waals surface area contributed by atoms with Crippen molar-refractivity contribution in [2.24, 2.45) is 0 Å². The van der Waals surface area contributed by atoms with E-state index in [1.165, 1.54) is 17.2 Å². The Labute approximate surface area is 120 Å². The van der Waals surface area contributed by atoms with Crippen LogP contribution >= 0.6 is 0 Å². The van der Waals surface area contributed by atoms with Crippen LogP contribution in [-0.2, 0) is 6.54 Å². The first kappa shape index (κ1) is 13.0. The molecule has 106 valence electrons. The summed E-state index contributed by atoms with van der Waals surface area (Å²) in [7, 11) is 0. The van der Waals surface area contributed by atoms with E-state index in [1.807, 2.05) is 6.92 Å². The molecular formula is C13H13N7O. The van der Waals surface area contributed by atoms with Gasteiger partial charge in [0.2, 0.25) is 0 Å². The highest BCUT2D eigenvalue weighted by Gasteiger charge is 2.08. The van der Waals surface area contributed by atoms with Crippen LogP contribution in [0.3, 0.4) is 0 Å². The van der Waals surface area contributed by atoms with Gasteiger partial charge in [0.1, 0.15) is 12.7 Å². The Morgan fingerprint density at radius 3 is 2.90 bits per heavy atom. The molecule has 2 N–H and O–H groups in total. The fourth-order valence-electron chi connectivity index (χ4n) is 1.81. The number of aryl methyl sites for hydroxylation is 1. The van der Waals surface area contributed by atoms with Gasteiger partial charge in [0.25, 0.3) is 5.91 Å². The highest BCUT2D eigenvalue weighted by atomic mass is 16.1. The zero-order valence-corrected chi connectivity index (χ0v) is 11.3. The molecule has 0 bridgehead atoms. The third-order valence-corrected chi connectivity index (χ3v) is 3.04. The lowest BCUT2D eigenvalue weighted by molar-refractivity contribution is 0.0950. The van der Waals surface area contributed by atoms with E-state index in [2.05, 4.69) is 30.6 Å². The van der Waals surface area contributed by atoms with Crippen molar-refractivity contribution in [2.45, 2.75) is 13.5 Å². The van der Waals surface area contributed by atoms with Crippen molar-refractivity contribution in [1.29, 1.82) is 0 Å². The minimum atomic E-state index is -0.187. The summed E-state index contributed by atoms with van der Waals surface area (Å²) in [6.45, 7) is 2.33. The molecular weight excluding hydrogens is 270 g/mol. The van der Waals surface area contributed by atoms with Gasteiger partial charge in [0.05, 0.1) is 11.8 Å². The van der Waals surface area contributed by atoms with Crippen LogP contribution in [0.1, 0.15) is 21.6 Å². The first-order chi connectivity index (χ1) is 10.2. The van der Waals surface area contributed by atoms with E-state index < -0.39 is 0 Å². The monoisotopic (exact) mass is 283 g/mol. The lowest BCUT2D eigenvalue weighted by Crippen LogP contribution is -2.23. The van der Waals surface area contributed by atoms with E-state index in [-0.39, 0.29) is 5.91 Å². The molecule has 1 amide bonds. The second kappa shape index (κ2) is 5.53. The third kappa shape index (κ3) is 2.78. The van der Waals surface area contributed by atoms with E-state index in [0.29, 0.717) is 17.9 Å². The quantitative estimate of drug-likeness (QED) is 0.731. The van der Waals surface area contributed by atoms with Gasteiger partial charge < -0.3 is 5.32 Å². The highest BCUT2D eigenvalue weighted by molar-refractivity contribution is 5.93. The van der Waals surface area contributed by atoms with Crippen molar-refractivity contribution >= 4 is 5.91 Å². The maximum atomic E-state index is 12.0. The van der Waals surface area contributed by atoms with E-state index in [0.717, 1.165) is 11.3 Å². The van der Waals surface area contributed by atoms with Crippen molar-refractivity contribution in [1.82, 2.24) is 35.3 Å². The lowest BCUT2D eigenvalue weighted by atomic mass is 10.2. The van der Waals surface area contributed by atoms with Gasteiger partial charge >= 0.3 is 0 Å². The van der Waals surface area contributed by atoms with Crippen molar-refractivity contribution in [3.63, 3.8) is 0 Å². The largest absolute Gasteiger partial charge is 0.348 e. The molecule has 0 aliphatic rings. The van der Waals surface area contributed by atoms with Crippen molar-refractivity contribution in [3.8, 4) is 5.82 Å². The molecule has 0 saturated heterocycles. The number of carbonyl (C=O) groups is 1. The summed E-state index contributed by atoms with van der Waals surface area (Å²) in [5.41, 5.74) is 2.38. The predicted octanol–water partition coefficient (Wildman–Crippen LogP) is 0.624. The first-order valence-electron chi connectivity index (χ1n) is 6.32. The molecule has 0 saturated carbocycles. The number of rotatable bonds is 4. The Balaban J connectivity index is 1.66. The number of aromatic amines is 1. The first-order valence-corrected chi connectivity index (χ1v) is 6.32. The van der Waals surface area contributed by atoms with Crippen LogP contribution in [0, 0.1) is 6.92 Å². The fourth-order valence-corrected chi connectivity index (χ4v) is 1.81. The molecule has 0 spiro atoms. The van der Waals surface area contributed by atoms with Gasteiger partial charge in [-0.3, -0.25) is 9.89 Å². The van der Waals surface area contributed by atoms with Crippen molar-refractivity contribution < 1.29 is 4.79 Å². The zero-order chi connectivity index (χ0) is 14.7. The standard InChI is InChI=1S/C13H13N7O/c1-9-11(6-17-19-9)5-16-13(21)10-2-3-12(15-4-10)20-8-14-7-18-20/h2-4,6-8H,5H2,1H3,(H,16,21)(H,17,19). The molecule has 0 fully saturated rings. The minimum absolute atomic E-state index is 0.187. The molecule has 3 heterocycles. The lowest BCUT2D eigenvalue weighted by Gasteiger charge is -2.05. The smallest absolute Gasteiger partial charge is 0.253 e. The van der Waals surface area contributed by atoms with Crippen molar-refractivity contribution in [2.75, 3.05) is 0 Å². The van der Waals surface area contributed by atoms with Gasteiger partial charge in [0.15, 0.2) is 5.82 Å². The molecule has 3 aromatic rings. The molecule has 0 unspecified atom stereocenters. The van der Waals surface area contributed by atoms with Crippen molar-refractivity contribution in [3.05, 3.63) is 54.0 Å². The van der Waals surface area contributed by atoms with Gasteiger partial charge in [0, 0.05) is 24.0 Å². The summed E-state index contributed by atoms with van der Waals surface area (Å²) in [6, 6.07) is 3.41. The Morgan fingerprint density at radius 1 is 1.38 bits per heavy atom. The van der Waals surface area contributed by atoms with Crippen LogP contribution in [0.5, 0.6) is 0 Å². The second-order valence-electron chi connectivity index (χ2n) is 4.45. The van der Waals surface area contributed by atoms with E-state index in [9.17, 15) is 4.79 Å². The Bertz CT molecular complexity index is 730. The molecule has 0 atom stereocenters. The maximum absolute atomic E-state index is 12.0. The Kier molecular flexibility index (Phi) is 3.42. The maximum Gasteiger partial charge on any atom is 0.253 e. The number of aromatic nitrogens is 6. The van der Waals surface area contributed by atoms with Gasteiger partial charge in [-0.25, -0.2) is 14.6 Å². The third-order valence-electron chi connectivity index (χ3n) is 3.04. The van der Waals surface area contributed by atoms with Crippen LogP contribution in [0.25, 0.3) is 5.82 Å². The number of H-pyrrole nitrogens is 1. The van der Waals surface area contributed by atoms with E-state index in [4.69, 9.17) is 0 Å². The second-order valence-corrected chi connectivity index (χ2v) is 4.45. The van der Waals surface area contributed by atoms with Gasteiger partial charge in [-0.05, 0) is 19.1 Å². The summed E-state index contributed by atoms with van der Waals surface area (Å²) in [5.74, 6) is 0.419.